The molecule has 0 aliphatic rings. The highest BCUT2D eigenvalue weighted by molar-refractivity contribution is 7.89. The maximum atomic E-state index is 12.7. The van der Waals surface area contributed by atoms with Crippen LogP contribution in [0.3, 0.4) is 0 Å². The van der Waals surface area contributed by atoms with Crippen molar-refractivity contribution < 1.29 is 17.5 Å². The highest BCUT2D eigenvalue weighted by Gasteiger charge is 2.19. The van der Waals surface area contributed by atoms with Gasteiger partial charge in [-0.25, -0.2) is 12.8 Å². The van der Waals surface area contributed by atoms with E-state index in [9.17, 15) is 12.8 Å². The molecule has 0 unspecified atom stereocenters. The summed E-state index contributed by atoms with van der Waals surface area (Å²) in [5.41, 5.74) is 0. The summed E-state index contributed by atoms with van der Waals surface area (Å²) in [6.45, 7) is 7.85. The molecule has 1 aromatic carbocycles. The fraction of sp³-hybridized carbons (Fsp3) is 0.333. The van der Waals surface area contributed by atoms with Crippen molar-refractivity contribution in [3.63, 3.8) is 0 Å². The summed E-state index contributed by atoms with van der Waals surface area (Å²) in [6.07, 6.45) is 3.43. The van der Waals surface area contributed by atoms with Crippen LogP contribution in [0, 0.1) is 5.82 Å². The van der Waals surface area contributed by atoms with Gasteiger partial charge < -0.3 is 4.74 Å². The van der Waals surface area contributed by atoms with E-state index in [4.69, 9.17) is 4.74 Å². The van der Waals surface area contributed by atoms with E-state index in [1.807, 2.05) is 0 Å². The third-order valence-corrected chi connectivity index (χ3v) is 4.58. The van der Waals surface area contributed by atoms with E-state index in [0.717, 1.165) is 0 Å². The molecule has 0 amide bonds. The third-order valence-electron chi connectivity index (χ3n) is 2.69. The Hall–Kier alpha value is -1.66. The Morgan fingerprint density at radius 1 is 1.14 bits per heavy atom. The number of hydrogen-bond acceptors (Lipinski definition) is 3. The molecule has 1 aromatic rings. The molecular weight excluding hydrogens is 293 g/mol. The van der Waals surface area contributed by atoms with Crippen LogP contribution < -0.4 is 4.74 Å². The average Bonchev–Trinajstić information content (AvgIpc) is 2.45. The topological polar surface area (TPSA) is 46.6 Å². The Labute approximate surface area is 125 Å². The Morgan fingerprint density at radius 3 is 2.24 bits per heavy atom. The smallest absolute Gasteiger partial charge is 0.214 e. The summed E-state index contributed by atoms with van der Waals surface area (Å²) in [7, 11) is -3.36. The predicted molar refractivity (Wildman–Crippen MR) is 82.3 cm³/mol. The van der Waals surface area contributed by atoms with Gasteiger partial charge in [0.1, 0.15) is 11.6 Å². The second-order valence-electron chi connectivity index (χ2n) is 4.37. The van der Waals surface area contributed by atoms with Crippen LogP contribution >= 0.6 is 0 Å². The van der Waals surface area contributed by atoms with E-state index in [1.165, 1.54) is 40.7 Å². The summed E-state index contributed by atoms with van der Waals surface area (Å²) in [5, 5.41) is 0. The zero-order valence-corrected chi connectivity index (χ0v) is 12.7. The van der Waals surface area contributed by atoms with Gasteiger partial charge in [-0.1, -0.05) is 12.2 Å². The summed E-state index contributed by atoms with van der Waals surface area (Å²) >= 11 is 0. The van der Waals surface area contributed by atoms with Crippen molar-refractivity contribution in [2.24, 2.45) is 0 Å². The van der Waals surface area contributed by atoms with Crippen molar-refractivity contribution in [3.05, 3.63) is 55.4 Å². The standard InChI is InChI=1S/C15H20FNO3S/c1-3-10-17(11-4-2)21(18,19)13-5-12-20-15-8-6-14(16)7-9-15/h3-4,6-9H,1-2,5,10-13H2. The molecule has 116 valence electrons. The van der Waals surface area contributed by atoms with Gasteiger partial charge in [-0.3, -0.25) is 0 Å². The van der Waals surface area contributed by atoms with E-state index in [1.54, 1.807) is 0 Å². The molecule has 0 saturated carbocycles. The summed E-state index contributed by atoms with van der Waals surface area (Å²) in [6, 6.07) is 5.60. The fourth-order valence-corrected chi connectivity index (χ4v) is 3.09. The third kappa shape index (κ3) is 6.10. The van der Waals surface area contributed by atoms with Crippen LogP contribution in [0.4, 0.5) is 4.39 Å². The van der Waals surface area contributed by atoms with Crippen LogP contribution in [0.2, 0.25) is 0 Å². The van der Waals surface area contributed by atoms with Crippen molar-refractivity contribution in [2.75, 3.05) is 25.4 Å². The zero-order valence-electron chi connectivity index (χ0n) is 11.9. The van der Waals surface area contributed by atoms with Gasteiger partial charge >= 0.3 is 0 Å². The molecule has 0 saturated heterocycles. The molecule has 0 aromatic heterocycles. The van der Waals surface area contributed by atoms with Crippen molar-refractivity contribution >= 4 is 10.0 Å². The molecule has 0 atom stereocenters. The van der Waals surface area contributed by atoms with E-state index >= 15 is 0 Å². The number of hydrogen-bond donors (Lipinski definition) is 0. The molecule has 0 aliphatic heterocycles. The molecule has 0 fully saturated rings. The quantitative estimate of drug-likeness (QED) is 0.493. The van der Waals surface area contributed by atoms with Gasteiger partial charge in [-0.2, -0.15) is 4.31 Å². The van der Waals surface area contributed by atoms with Crippen LogP contribution in [-0.4, -0.2) is 38.2 Å². The number of rotatable bonds is 10. The van der Waals surface area contributed by atoms with E-state index in [0.29, 0.717) is 12.2 Å². The zero-order chi connectivity index (χ0) is 15.7. The monoisotopic (exact) mass is 313 g/mol. The molecule has 6 heteroatoms. The van der Waals surface area contributed by atoms with Crippen LogP contribution in [0.1, 0.15) is 6.42 Å². The minimum absolute atomic E-state index is 0.0180. The van der Waals surface area contributed by atoms with Gasteiger partial charge in [0, 0.05) is 13.1 Å². The van der Waals surface area contributed by atoms with E-state index in [-0.39, 0.29) is 31.3 Å². The lowest BCUT2D eigenvalue weighted by atomic mass is 10.3. The second-order valence-corrected chi connectivity index (χ2v) is 6.45. The molecule has 0 bridgehead atoms. The fourth-order valence-electron chi connectivity index (χ4n) is 1.68. The Balaban J connectivity index is 2.43. The SMILES string of the molecule is C=CCN(CC=C)S(=O)(=O)CCCOc1ccc(F)cc1. The molecular formula is C15H20FNO3S. The second kappa shape index (κ2) is 8.59. The van der Waals surface area contributed by atoms with Crippen molar-refractivity contribution in [1.29, 1.82) is 0 Å². The molecule has 0 aliphatic carbocycles. The van der Waals surface area contributed by atoms with Gasteiger partial charge in [0.05, 0.1) is 12.4 Å². The number of halogens is 1. The normalized spacial score (nSPS) is 11.3. The van der Waals surface area contributed by atoms with E-state index < -0.39 is 10.0 Å². The summed E-state index contributed by atoms with van der Waals surface area (Å²) in [5.74, 6) is 0.160. The lowest BCUT2D eigenvalue weighted by Crippen LogP contribution is -2.33. The summed E-state index contributed by atoms with van der Waals surface area (Å²) in [4.78, 5) is 0. The summed E-state index contributed by atoms with van der Waals surface area (Å²) < 4.78 is 43.6. The predicted octanol–water partition coefficient (Wildman–Crippen LogP) is 2.60. The lowest BCUT2D eigenvalue weighted by molar-refractivity contribution is 0.316. The Morgan fingerprint density at radius 2 is 1.71 bits per heavy atom. The first-order valence-corrected chi connectivity index (χ1v) is 8.18. The maximum Gasteiger partial charge on any atom is 0.214 e. The van der Waals surface area contributed by atoms with Crippen molar-refractivity contribution in [2.45, 2.75) is 6.42 Å². The molecule has 0 N–H and O–H groups in total. The van der Waals surface area contributed by atoms with Gasteiger partial charge in [0.15, 0.2) is 0 Å². The average molecular weight is 313 g/mol. The Kier molecular flexibility index (Phi) is 7.11. The van der Waals surface area contributed by atoms with Gasteiger partial charge in [-0.15, -0.1) is 13.2 Å². The Bertz CT molecular complexity index is 545. The van der Waals surface area contributed by atoms with Crippen LogP contribution in [-0.2, 0) is 10.0 Å². The lowest BCUT2D eigenvalue weighted by Gasteiger charge is -2.18. The number of sulfonamides is 1. The molecule has 21 heavy (non-hydrogen) atoms. The van der Waals surface area contributed by atoms with E-state index in [2.05, 4.69) is 13.2 Å². The van der Waals surface area contributed by atoms with Crippen molar-refractivity contribution in [1.82, 2.24) is 4.31 Å². The molecule has 1 rings (SSSR count). The first-order valence-electron chi connectivity index (χ1n) is 6.57. The minimum atomic E-state index is -3.36. The first kappa shape index (κ1) is 17.4. The largest absolute Gasteiger partial charge is 0.494 e. The highest BCUT2D eigenvalue weighted by Crippen LogP contribution is 2.12. The minimum Gasteiger partial charge on any atom is -0.494 e. The van der Waals surface area contributed by atoms with Crippen LogP contribution in [0.5, 0.6) is 5.75 Å². The van der Waals surface area contributed by atoms with Crippen LogP contribution in [0.15, 0.2) is 49.6 Å². The maximum absolute atomic E-state index is 12.7. The molecule has 4 nitrogen and oxygen atoms in total. The van der Waals surface area contributed by atoms with Crippen LogP contribution in [0.25, 0.3) is 0 Å². The van der Waals surface area contributed by atoms with Gasteiger partial charge in [-0.05, 0) is 30.7 Å². The van der Waals surface area contributed by atoms with Gasteiger partial charge in [0.2, 0.25) is 10.0 Å². The molecule has 0 spiro atoms. The number of benzene rings is 1. The molecule has 0 heterocycles. The van der Waals surface area contributed by atoms with Crippen molar-refractivity contribution in [3.8, 4) is 5.75 Å². The highest BCUT2D eigenvalue weighted by atomic mass is 32.2. The molecule has 0 radical (unpaired) electrons. The number of nitrogens with zero attached hydrogens (tertiary/aromatic N) is 1. The van der Waals surface area contributed by atoms with Gasteiger partial charge in [0.25, 0.3) is 0 Å². The first-order chi connectivity index (χ1) is 9.99. The number of ether oxygens (including phenoxy) is 1.